The second-order valence-corrected chi connectivity index (χ2v) is 7.64. The minimum absolute atomic E-state index is 0.264. The number of carbonyl (C=O) groups is 2. The number of hydrogen-bond donors (Lipinski definition) is 1. The molecule has 2 aromatic carbocycles. The van der Waals surface area contributed by atoms with E-state index in [1.165, 1.54) is 4.90 Å². The quantitative estimate of drug-likeness (QED) is 0.324. The third-order valence-electron chi connectivity index (χ3n) is 4.28. The Bertz CT molecular complexity index is 928. The van der Waals surface area contributed by atoms with Crippen LogP contribution in [0.2, 0.25) is 0 Å². The Labute approximate surface area is 184 Å². The van der Waals surface area contributed by atoms with Gasteiger partial charge in [0.1, 0.15) is 12.3 Å². The van der Waals surface area contributed by atoms with Gasteiger partial charge in [-0.15, -0.1) is 0 Å². The molecule has 0 unspecified atom stereocenters. The smallest absolute Gasteiger partial charge is 0.329 e. The Morgan fingerprint density at radius 2 is 1.86 bits per heavy atom. The SMILES string of the molecule is CCCN1C(=O)N/C(=C/c2cc(I)c(OCc3ccccc3)c(OCC)c2)C1=O. The van der Waals surface area contributed by atoms with Crippen LogP contribution in [-0.4, -0.2) is 30.0 Å². The zero-order valence-electron chi connectivity index (χ0n) is 16.4. The number of nitrogens with zero attached hydrogens (tertiary/aromatic N) is 1. The van der Waals surface area contributed by atoms with E-state index in [2.05, 4.69) is 27.9 Å². The molecule has 3 amide bonds. The van der Waals surface area contributed by atoms with Crippen LogP contribution in [0.5, 0.6) is 11.5 Å². The predicted octanol–water partition coefficient (Wildman–Crippen LogP) is 4.57. The highest BCUT2D eigenvalue weighted by Gasteiger charge is 2.32. The number of benzene rings is 2. The number of halogens is 1. The number of carbonyl (C=O) groups excluding carboxylic acids is 2. The van der Waals surface area contributed by atoms with E-state index in [-0.39, 0.29) is 17.6 Å². The number of amides is 3. The molecule has 1 aliphatic rings. The van der Waals surface area contributed by atoms with Gasteiger partial charge in [-0.1, -0.05) is 37.3 Å². The van der Waals surface area contributed by atoms with Crippen molar-refractivity contribution in [2.75, 3.05) is 13.2 Å². The van der Waals surface area contributed by atoms with Crippen molar-refractivity contribution >= 4 is 40.6 Å². The molecule has 7 heteroatoms. The molecule has 0 radical (unpaired) electrons. The largest absolute Gasteiger partial charge is 0.490 e. The first-order chi connectivity index (χ1) is 14.0. The zero-order valence-corrected chi connectivity index (χ0v) is 18.6. The van der Waals surface area contributed by atoms with Gasteiger partial charge in [0.25, 0.3) is 5.91 Å². The standard InChI is InChI=1S/C22H23IN2O4/c1-3-10-25-21(26)18(24-22(25)27)12-16-11-17(23)20(19(13-16)28-4-2)29-14-15-8-6-5-7-9-15/h5-9,11-13H,3-4,10,14H2,1-2H3,(H,24,27)/b18-12+. The average Bonchev–Trinajstić information content (AvgIpc) is 2.96. The molecule has 1 fully saturated rings. The third kappa shape index (κ3) is 5.09. The normalized spacial score (nSPS) is 15.0. The van der Waals surface area contributed by atoms with Gasteiger partial charge in [0.2, 0.25) is 0 Å². The summed E-state index contributed by atoms with van der Waals surface area (Å²) in [7, 11) is 0. The average molecular weight is 506 g/mol. The van der Waals surface area contributed by atoms with Crippen LogP contribution in [-0.2, 0) is 11.4 Å². The lowest BCUT2D eigenvalue weighted by Gasteiger charge is -2.15. The topological polar surface area (TPSA) is 67.9 Å². The summed E-state index contributed by atoms with van der Waals surface area (Å²) in [5.41, 5.74) is 2.08. The molecule has 0 atom stereocenters. The summed E-state index contributed by atoms with van der Waals surface area (Å²) in [6, 6.07) is 13.2. The molecule has 1 aliphatic heterocycles. The van der Waals surface area contributed by atoms with Crippen LogP contribution in [0.1, 0.15) is 31.4 Å². The zero-order chi connectivity index (χ0) is 20.8. The molecule has 1 saturated heterocycles. The van der Waals surface area contributed by atoms with Gasteiger partial charge in [0.15, 0.2) is 11.5 Å². The number of urea groups is 1. The highest BCUT2D eigenvalue weighted by Crippen LogP contribution is 2.35. The molecular formula is C22H23IN2O4. The Balaban J connectivity index is 1.86. The molecule has 0 spiro atoms. The minimum Gasteiger partial charge on any atom is -0.490 e. The Morgan fingerprint density at radius 1 is 1.10 bits per heavy atom. The predicted molar refractivity (Wildman–Crippen MR) is 120 cm³/mol. The maximum Gasteiger partial charge on any atom is 0.329 e. The van der Waals surface area contributed by atoms with Crippen LogP contribution >= 0.6 is 22.6 Å². The molecule has 29 heavy (non-hydrogen) atoms. The first-order valence-electron chi connectivity index (χ1n) is 9.51. The van der Waals surface area contributed by atoms with E-state index in [0.717, 1.165) is 14.7 Å². The molecule has 0 saturated carbocycles. The van der Waals surface area contributed by atoms with E-state index in [9.17, 15) is 9.59 Å². The fourth-order valence-corrected chi connectivity index (χ4v) is 3.75. The van der Waals surface area contributed by atoms with E-state index in [4.69, 9.17) is 9.47 Å². The maximum absolute atomic E-state index is 12.4. The fourth-order valence-electron chi connectivity index (χ4n) is 2.97. The Hall–Kier alpha value is -2.55. The van der Waals surface area contributed by atoms with E-state index in [0.29, 0.717) is 37.7 Å². The molecule has 0 bridgehead atoms. The molecule has 1 N–H and O–H groups in total. The van der Waals surface area contributed by atoms with Crippen molar-refractivity contribution in [2.24, 2.45) is 0 Å². The van der Waals surface area contributed by atoms with Gasteiger partial charge < -0.3 is 14.8 Å². The summed E-state index contributed by atoms with van der Waals surface area (Å²) in [4.78, 5) is 25.7. The van der Waals surface area contributed by atoms with Crippen molar-refractivity contribution in [3.8, 4) is 11.5 Å². The van der Waals surface area contributed by atoms with Crippen LogP contribution in [0.3, 0.4) is 0 Å². The fraction of sp³-hybridized carbons (Fsp3) is 0.273. The second-order valence-electron chi connectivity index (χ2n) is 6.48. The number of rotatable bonds is 8. The summed E-state index contributed by atoms with van der Waals surface area (Å²) in [5.74, 6) is 0.950. The lowest BCUT2D eigenvalue weighted by molar-refractivity contribution is -0.122. The van der Waals surface area contributed by atoms with Crippen LogP contribution in [0.25, 0.3) is 6.08 Å². The third-order valence-corrected chi connectivity index (χ3v) is 5.08. The number of ether oxygens (including phenoxy) is 2. The summed E-state index contributed by atoms with van der Waals surface area (Å²) < 4.78 is 12.7. The van der Waals surface area contributed by atoms with Gasteiger partial charge in [-0.3, -0.25) is 9.69 Å². The van der Waals surface area contributed by atoms with Crippen molar-refractivity contribution in [3.63, 3.8) is 0 Å². The first kappa shape index (κ1) is 21.2. The summed E-state index contributed by atoms with van der Waals surface area (Å²) in [6.07, 6.45) is 2.38. The van der Waals surface area contributed by atoms with Crippen molar-refractivity contribution in [3.05, 3.63) is 62.9 Å². The second kappa shape index (κ2) is 9.78. The molecule has 152 valence electrons. The van der Waals surface area contributed by atoms with E-state index in [1.54, 1.807) is 6.08 Å². The minimum atomic E-state index is -0.384. The van der Waals surface area contributed by atoms with Crippen molar-refractivity contribution in [2.45, 2.75) is 26.9 Å². The molecule has 0 aliphatic carbocycles. The lowest BCUT2D eigenvalue weighted by Crippen LogP contribution is -2.31. The van der Waals surface area contributed by atoms with Gasteiger partial charge in [-0.05, 0) is 65.3 Å². The number of hydrogen-bond acceptors (Lipinski definition) is 4. The monoisotopic (exact) mass is 506 g/mol. The summed E-state index contributed by atoms with van der Waals surface area (Å²) in [6.45, 7) is 5.14. The van der Waals surface area contributed by atoms with Gasteiger partial charge in [-0.2, -0.15) is 0 Å². The Kier molecular flexibility index (Phi) is 7.13. The van der Waals surface area contributed by atoms with Crippen LogP contribution in [0.15, 0.2) is 48.2 Å². The van der Waals surface area contributed by atoms with Gasteiger partial charge in [-0.25, -0.2) is 4.79 Å². The van der Waals surface area contributed by atoms with Gasteiger partial charge in [0.05, 0.1) is 10.2 Å². The van der Waals surface area contributed by atoms with Gasteiger partial charge in [0, 0.05) is 6.54 Å². The van der Waals surface area contributed by atoms with Crippen molar-refractivity contribution in [1.29, 1.82) is 0 Å². The first-order valence-corrected chi connectivity index (χ1v) is 10.6. The molecule has 3 rings (SSSR count). The van der Waals surface area contributed by atoms with E-state index in [1.807, 2.05) is 56.3 Å². The maximum atomic E-state index is 12.4. The Morgan fingerprint density at radius 3 is 2.55 bits per heavy atom. The van der Waals surface area contributed by atoms with E-state index >= 15 is 0 Å². The van der Waals surface area contributed by atoms with Gasteiger partial charge >= 0.3 is 6.03 Å². The molecular weight excluding hydrogens is 483 g/mol. The highest BCUT2D eigenvalue weighted by molar-refractivity contribution is 14.1. The van der Waals surface area contributed by atoms with Crippen molar-refractivity contribution < 1.29 is 19.1 Å². The highest BCUT2D eigenvalue weighted by atomic mass is 127. The molecule has 0 aromatic heterocycles. The molecule has 1 heterocycles. The van der Waals surface area contributed by atoms with E-state index < -0.39 is 0 Å². The van der Waals surface area contributed by atoms with Crippen LogP contribution in [0, 0.1) is 3.57 Å². The summed E-state index contributed by atoms with van der Waals surface area (Å²) in [5, 5.41) is 2.64. The number of imide groups is 1. The van der Waals surface area contributed by atoms with Crippen molar-refractivity contribution in [1.82, 2.24) is 10.2 Å². The van der Waals surface area contributed by atoms with Crippen LogP contribution < -0.4 is 14.8 Å². The number of nitrogens with one attached hydrogen (secondary N) is 1. The lowest BCUT2D eigenvalue weighted by atomic mass is 10.1. The molecule has 2 aromatic rings. The van der Waals surface area contributed by atoms with Crippen LogP contribution in [0.4, 0.5) is 4.79 Å². The summed E-state index contributed by atoms with van der Waals surface area (Å²) >= 11 is 2.19. The molecule has 6 nitrogen and oxygen atoms in total.